The molecule has 1 aliphatic carbocycles. The lowest BCUT2D eigenvalue weighted by molar-refractivity contribution is 0.316. The summed E-state index contributed by atoms with van der Waals surface area (Å²) in [6.07, 6.45) is 5.98. The van der Waals surface area contributed by atoms with Crippen LogP contribution in [-0.4, -0.2) is 51.8 Å². The summed E-state index contributed by atoms with van der Waals surface area (Å²) in [7, 11) is -1.64. The van der Waals surface area contributed by atoms with Crippen LogP contribution in [0.2, 0.25) is 0 Å². The van der Waals surface area contributed by atoms with Crippen molar-refractivity contribution >= 4 is 50.9 Å². The third-order valence-electron chi connectivity index (χ3n) is 5.12. The Morgan fingerprint density at radius 1 is 1.28 bits per heavy atom. The van der Waals surface area contributed by atoms with Crippen molar-refractivity contribution in [1.29, 1.82) is 0 Å². The maximum absolute atomic E-state index is 13.4. The fraction of sp³-hybridized carbons (Fsp3) is 0.526. The number of guanidine groups is 1. The summed E-state index contributed by atoms with van der Waals surface area (Å²) in [5.41, 5.74) is 1.92. The average Bonchev–Trinajstić information content (AvgIpc) is 3.01. The van der Waals surface area contributed by atoms with E-state index in [-0.39, 0.29) is 42.1 Å². The number of aromatic nitrogens is 1. The van der Waals surface area contributed by atoms with Gasteiger partial charge in [-0.25, -0.2) is 17.5 Å². The van der Waals surface area contributed by atoms with E-state index in [1.54, 1.807) is 13.1 Å². The molecule has 4 N–H and O–H groups in total. The molecule has 162 valence electrons. The van der Waals surface area contributed by atoms with Crippen molar-refractivity contribution in [3.05, 3.63) is 35.8 Å². The summed E-state index contributed by atoms with van der Waals surface area (Å²) in [6, 6.07) is 4.68. The number of nitrogens with zero attached hydrogens (tertiary/aromatic N) is 1. The molecular weight excluding hydrogens is 508 g/mol. The van der Waals surface area contributed by atoms with Gasteiger partial charge >= 0.3 is 0 Å². The quantitative estimate of drug-likeness (QED) is 0.224. The van der Waals surface area contributed by atoms with Gasteiger partial charge in [0.25, 0.3) is 0 Å². The van der Waals surface area contributed by atoms with E-state index in [1.165, 1.54) is 18.6 Å². The SMILES string of the molecule is CN=C(NCCc1c[nH]c2ccc(F)cc12)NCCS(=O)(=O)NCC1CCC1.I. The Bertz CT molecular complexity index is 928. The van der Waals surface area contributed by atoms with Crippen LogP contribution in [0.25, 0.3) is 10.9 Å². The number of H-pyrrole nitrogens is 1. The third-order valence-corrected chi connectivity index (χ3v) is 6.47. The number of benzene rings is 1. The maximum atomic E-state index is 13.4. The lowest BCUT2D eigenvalue weighted by Gasteiger charge is -2.25. The summed E-state index contributed by atoms with van der Waals surface area (Å²) < 4.78 is 40.2. The van der Waals surface area contributed by atoms with E-state index in [0.29, 0.717) is 31.4 Å². The first-order valence-corrected chi connectivity index (χ1v) is 11.3. The molecule has 0 amide bonds. The second-order valence-electron chi connectivity index (χ2n) is 7.14. The number of aliphatic imine (C=N–C) groups is 1. The van der Waals surface area contributed by atoms with Crippen molar-refractivity contribution in [3.63, 3.8) is 0 Å². The van der Waals surface area contributed by atoms with E-state index in [4.69, 9.17) is 0 Å². The predicted molar refractivity (Wildman–Crippen MR) is 126 cm³/mol. The predicted octanol–water partition coefficient (Wildman–Crippen LogP) is 2.35. The Hall–Kier alpha value is -1.40. The van der Waals surface area contributed by atoms with Crippen LogP contribution < -0.4 is 15.4 Å². The minimum atomic E-state index is -3.28. The molecule has 3 rings (SSSR count). The second kappa shape index (κ2) is 11.1. The number of rotatable bonds is 9. The van der Waals surface area contributed by atoms with Gasteiger partial charge in [-0.05, 0) is 48.9 Å². The highest BCUT2D eigenvalue weighted by Gasteiger charge is 2.20. The van der Waals surface area contributed by atoms with Gasteiger partial charge in [-0.15, -0.1) is 24.0 Å². The molecule has 7 nitrogen and oxygen atoms in total. The first-order valence-electron chi connectivity index (χ1n) is 9.64. The largest absolute Gasteiger partial charge is 0.361 e. The second-order valence-corrected chi connectivity index (χ2v) is 9.07. The summed E-state index contributed by atoms with van der Waals surface area (Å²) >= 11 is 0. The molecule has 29 heavy (non-hydrogen) atoms. The van der Waals surface area contributed by atoms with Gasteiger partial charge in [-0.3, -0.25) is 4.99 Å². The molecule has 1 aromatic heterocycles. The Balaban J connectivity index is 0.00000300. The van der Waals surface area contributed by atoms with Crippen LogP contribution in [0.5, 0.6) is 0 Å². The molecule has 1 aliphatic rings. The highest BCUT2D eigenvalue weighted by Crippen LogP contribution is 2.25. The van der Waals surface area contributed by atoms with Crippen molar-refractivity contribution in [2.75, 3.05) is 32.4 Å². The van der Waals surface area contributed by atoms with E-state index in [1.807, 2.05) is 6.20 Å². The Kier molecular flexibility index (Phi) is 9.15. The van der Waals surface area contributed by atoms with Gasteiger partial charge < -0.3 is 15.6 Å². The van der Waals surface area contributed by atoms with Gasteiger partial charge in [0.15, 0.2) is 5.96 Å². The Labute approximate surface area is 188 Å². The molecule has 1 heterocycles. The monoisotopic (exact) mass is 537 g/mol. The first kappa shape index (κ1) is 23.9. The van der Waals surface area contributed by atoms with E-state index < -0.39 is 10.0 Å². The van der Waals surface area contributed by atoms with Crippen molar-refractivity contribution in [2.45, 2.75) is 25.7 Å². The molecule has 1 aromatic carbocycles. The van der Waals surface area contributed by atoms with Crippen LogP contribution in [0.15, 0.2) is 29.4 Å². The lowest BCUT2D eigenvalue weighted by Crippen LogP contribution is -2.42. The molecule has 0 spiro atoms. The van der Waals surface area contributed by atoms with Gasteiger partial charge in [-0.1, -0.05) is 6.42 Å². The van der Waals surface area contributed by atoms with Crippen molar-refractivity contribution in [2.24, 2.45) is 10.9 Å². The zero-order chi connectivity index (χ0) is 20.0. The number of sulfonamides is 1. The zero-order valence-corrected chi connectivity index (χ0v) is 19.6. The van der Waals surface area contributed by atoms with Crippen molar-refractivity contribution < 1.29 is 12.8 Å². The number of nitrogens with one attached hydrogen (secondary N) is 4. The summed E-state index contributed by atoms with van der Waals surface area (Å²) in [6.45, 7) is 1.41. The molecule has 0 radical (unpaired) electrons. The van der Waals surface area contributed by atoms with E-state index >= 15 is 0 Å². The van der Waals surface area contributed by atoms with Crippen LogP contribution in [0.1, 0.15) is 24.8 Å². The molecule has 0 unspecified atom stereocenters. The molecule has 0 bridgehead atoms. The molecule has 0 atom stereocenters. The van der Waals surface area contributed by atoms with Gasteiger partial charge in [0, 0.05) is 43.8 Å². The third kappa shape index (κ3) is 7.10. The van der Waals surface area contributed by atoms with Crippen molar-refractivity contribution in [3.8, 4) is 0 Å². The average molecular weight is 537 g/mol. The lowest BCUT2D eigenvalue weighted by atomic mass is 9.86. The summed E-state index contributed by atoms with van der Waals surface area (Å²) in [4.78, 5) is 7.24. The van der Waals surface area contributed by atoms with Crippen LogP contribution in [-0.2, 0) is 16.4 Å². The smallest absolute Gasteiger partial charge is 0.213 e. The fourth-order valence-corrected chi connectivity index (χ4v) is 4.22. The van der Waals surface area contributed by atoms with Crippen LogP contribution >= 0.6 is 24.0 Å². The molecular formula is C19H29FIN5O2S. The van der Waals surface area contributed by atoms with Crippen LogP contribution in [0.3, 0.4) is 0 Å². The highest BCUT2D eigenvalue weighted by molar-refractivity contribution is 14.0. The first-order chi connectivity index (χ1) is 13.5. The normalized spacial score (nSPS) is 15.0. The molecule has 2 aromatic rings. The summed E-state index contributed by atoms with van der Waals surface area (Å²) in [5, 5.41) is 7.05. The fourth-order valence-electron chi connectivity index (χ4n) is 3.21. The minimum Gasteiger partial charge on any atom is -0.361 e. The van der Waals surface area contributed by atoms with E-state index in [0.717, 1.165) is 29.3 Å². The van der Waals surface area contributed by atoms with Crippen LogP contribution in [0, 0.1) is 11.7 Å². The molecule has 0 saturated heterocycles. The topological polar surface area (TPSA) is 98.4 Å². The van der Waals surface area contributed by atoms with Gasteiger partial charge in [0.05, 0.1) is 5.75 Å². The van der Waals surface area contributed by atoms with Gasteiger partial charge in [0.2, 0.25) is 10.0 Å². The Morgan fingerprint density at radius 2 is 2.03 bits per heavy atom. The number of fused-ring (bicyclic) bond motifs is 1. The number of aromatic amines is 1. The highest BCUT2D eigenvalue weighted by atomic mass is 127. The van der Waals surface area contributed by atoms with E-state index in [2.05, 4.69) is 25.3 Å². The molecule has 1 saturated carbocycles. The minimum absolute atomic E-state index is 0. The molecule has 0 aliphatic heterocycles. The standard InChI is InChI=1S/C19H28FN5O2S.HI/c1-21-19(23-9-10-28(26,27)25-12-14-3-2-4-14)22-8-7-15-13-24-18-6-5-16(20)11-17(15)18;/h5-6,11,13-14,24-25H,2-4,7-10,12H2,1H3,(H2,21,22,23);1H. The number of hydrogen-bond donors (Lipinski definition) is 4. The van der Waals surface area contributed by atoms with Crippen LogP contribution in [0.4, 0.5) is 4.39 Å². The van der Waals surface area contributed by atoms with E-state index in [9.17, 15) is 12.8 Å². The maximum Gasteiger partial charge on any atom is 0.213 e. The molecule has 1 fully saturated rings. The molecule has 10 heteroatoms. The van der Waals surface area contributed by atoms with Crippen molar-refractivity contribution in [1.82, 2.24) is 20.3 Å². The van der Waals surface area contributed by atoms with Gasteiger partial charge in [0.1, 0.15) is 5.82 Å². The number of hydrogen-bond acceptors (Lipinski definition) is 3. The zero-order valence-electron chi connectivity index (χ0n) is 16.5. The number of halogens is 2. The summed E-state index contributed by atoms with van der Waals surface area (Å²) in [5.74, 6) is 0.781. The Morgan fingerprint density at radius 3 is 2.72 bits per heavy atom. The van der Waals surface area contributed by atoms with Gasteiger partial charge in [-0.2, -0.15) is 0 Å².